The first kappa shape index (κ1) is 14.7. The van der Waals surface area contributed by atoms with Crippen LogP contribution in [0.2, 0.25) is 0 Å². The Hall–Kier alpha value is -2.26. The highest BCUT2D eigenvalue weighted by Crippen LogP contribution is 2.26. The Morgan fingerprint density at radius 1 is 1.05 bits per heavy atom. The summed E-state index contributed by atoms with van der Waals surface area (Å²) >= 11 is 0. The molecular weight excluding hydrogens is 274 g/mol. The lowest BCUT2D eigenvalue weighted by atomic mass is 10.1. The maximum atomic E-state index is 5.93. The van der Waals surface area contributed by atoms with Gasteiger partial charge in [0.05, 0.1) is 7.11 Å². The van der Waals surface area contributed by atoms with Gasteiger partial charge in [0.25, 0.3) is 0 Å². The van der Waals surface area contributed by atoms with Gasteiger partial charge in [-0.1, -0.05) is 37.3 Å². The first-order chi connectivity index (χ1) is 10.8. The molecule has 3 heteroatoms. The molecule has 0 radical (unpaired) electrons. The Morgan fingerprint density at radius 2 is 1.91 bits per heavy atom. The van der Waals surface area contributed by atoms with Crippen LogP contribution in [0.5, 0.6) is 5.75 Å². The van der Waals surface area contributed by atoms with Gasteiger partial charge in [-0.25, -0.2) is 0 Å². The maximum Gasteiger partial charge on any atom is 0.134 e. The summed E-state index contributed by atoms with van der Waals surface area (Å²) in [6, 6.07) is 16.4. The van der Waals surface area contributed by atoms with E-state index in [0.717, 1.165) is 36.6 Å². The van der Waals surface area contributed by atoms with Crippen LogP contribution in [0.3, 0.4) is 0 Å². The van der Waals surface area contributed by atoms with E-state index in [4.69, 9.17) is 9.15 Å². The molecule has 0 saturated heterocycles. The summed E-state index contributed by atoms with van der Waals surface area (Å²) in [6.07, 6.45) is 0.908. The number of hydrogen-bond acceptors (Lipinski definition) is 3. The van der Waals surface area contributed by atoms with Crippen molar-refractivity contribution in [1.29, 1.82) is 0 Å². The molecule has 0 unspecified atom stereocenters. The molecule has 0 fully saturated rings. The molecule has 0 bridgehead atoms. The van der Waals surface area contributed by atoms with Crippen LogP contribution in [-0.2, 0) is 19.5 Å². The van der Waals surface area contributed by atoms with Crippen molar-refractivity contribution in [2.24, 2.45) is 0 Å². The van der Waals surface area contributed by atoms with Gasteiger partial charge in [0.15, 0.2) is 0 Å². The van der Waals surface area contributed by atoms with E-state index in [0.29, 0.717) is 0 Å². The molecule has 3 nitrogen and oxygen atoms in total. The van der Waals surface area contributed by atoms with Crippen LogP contribution in [-0.4, -0.2) is 7.11 Å². The fourth-order valence-corrected chi connectivity index (χ4v) is 2.74. The summed E-state index contributed by atoms with van der Waals surface area (Å²) in [5.74, 6) is 1.96. The summed E-state index contributed by atoms with van der Waals surface area (Å²) < 4.78 is 11.2. The Kier molecular flexibility index (Phi) is 4.45. The third-order valence-electron chi connectivity index (χ3n) is 3.87. The van der Waals surface area contributed by atoms with Gasteiger partial charge in [0.2, 0.25) is 0 Å². The van der Waals surface area contributed by atoms with Crippen molar-refractivity contribution in [1.82, 2.24) is 5.32 Å². The lowest BCUT2D eigenvalue weighted by molar-refractivity contribution is 0.414. The van der Waals surface area contributed by atoms with Crippen LogP contribution >= 0.6 is 0 Å². The highest BCUT2D eigenvalue weighted by Gasteiger charge is 2.11. The minimum atomic E-state index is 0.803. The molecule has 0 spiro atoms. The van der Waals surface area contributed by atoms with Crippen LogP contribution in [0.15, 0.2) is 52.9 Å². The first-order valence-electron chi connectivity index (χ1n) is 7.64. The quantitative estimate of drug-likeness (QED) is 0.736. The molecule has 2 aromatic carbocycles. The van der Waals surface area contributed by atoms with Gasteiger partial charge in [-0.05, 0) is 23.8 Å². The molecule has 0 saturated carbocycles. The summed E-state index contributed by atoms with van der Waals surface area (Å²) in [6.45, 7) is 3.74. The summed E-state index contributed by atoms with van der Waals surface area (Å²) in [5.41, 5.74) is 3.45. The standard InChI is InChI=1S/C19H21NO2/c1-3-18-17(16-9-4-5-10-19(16)22-18)13-20-12-14-7-6-8-15(11-14)21-2/h4-11,20H,3,12-13H2,1-2H3. The average Bonchev–Trinajstić information content (AvgIpc) is 2.93. The van der Waals surface area contributed by atoms with Crippen molar-refractivity contribution in [3.8, 4) is 5.75 Å². The normalized spacial score (nSPS) is 11.0. The Balaban J connectivity index is 1.73. The molecule has 0 atom stereocenters. The Labute approximate surface area is 130 Å². The minimum absolute atomic E-state index is 0.803. The fourth-order valence-electron chi connectivity index (χ4n) is 2.74. The Bertz CT molecular complexity index is 761. The van der Waals surface area contributed by atoms with Crippen LogP contribution in [0.25, 0.3) is 11.0 Å². The number of ether oxygens (including phenoxy) is 1. The van der Waals surface area contributed by atoms with Crippen molar-refractivity contribution in [2.75, 3.05) is 7.11 Å². The molecule has 22 heavy (non-hydrogen) atoms. The zero-order chi connectivity index (χ0) is 15.4. The molecule has 114 valence electrons. The molecule has 0 aliphatic heterocycles. The van der Waals surface area contributed by atoms with Crippen LogP contribution in [0.4, 0.5) is 0 Å². The van der Waals surface area contributed by atoms with Gasteiger partial charge < -0.3 is 14.5 Å². The van der Waals surface area contributed by atoms with Crippen LogP contribution < -0.4 is 10.1 Å². The zero-order valence-electron chi connectivity index (χ0n) is 13.1. The molecule has 1 N–H and O–H groups in total. The van der Waals surface area contributed by atoms with E-state index in [9.17, 15) is 0 Å². The number of benzene rings is 2. The Morgan fingerprint density at radius 3 is 2.73 bits per heavy atom. The fraction of sp³-hybridized carbons (Fsp3) is 0.263. The SMILES string of the molecule is CCc1oc2ccccc2c1CNCc1cccc(OC)c1. The van der Waals surface area contributed by atoms with Crippen molar-refractivity contribution >= 4 is 11.0 Å². The third kappa shape index (κ3) is 3.00. The average molecular weight is 295 g/mol. The monoisotopic (exact) mass is 295 g/mol. The highest BCUT2D eigenvalue weighted by atomic mass is 16.5. The summed E-state index contributed by atoms with van der Waals surface area (Å²) in [7, 11) is 1.69. The number of rotatable bonds is 6. The zero-order valence-corrected chi connectivity index (χ0v) is 13.1. The van der Waals surface area contributed by atoms with Gasteiger partial charge in [0.1, 0.15) is 17.1 Å². The summed E-state index contributed by atoms with van der Waals surface area (Å²) in [5, 5.41) is 4.71. The van der Waals surface area contributed by atoms with Crippen molar-refractivity contribution in [2.45, 2.75) is 26.4 Å². The largest absolute Gasteiger partial charge is 0.497 e. The number of nitrogens with one attached hydrogen (secondary N) is 1. The predicted molar refractivity (Wildman–Crippen MR) is 89.1 cm³/mol. The van der Waals surface area contributed by atoms with Crippen molar-refractivity contribution in [3.05, 3.63) is 65.4 Å². The van der Waals surface area contributed by atoms with E-state index >= 15 is 0 Å². The molecule has 0 aliphatic carbocycles. The van der Waals surface area contributed by atoms with E-state index in [1.807, 2.05) is 24.3 Å². The molecule has 0 aliphatic rings. The number of methoxy groups -OCH3 is 1. The van der Waals surface area contributed by atoms with Crippen molar-refractivity contribution in [3.63, 3.8) is 0 Å². The number of aryl methyl sites for hydroxylation is 1. The second-order valence-corrected chi connectivity index (χ2v) is 5.31. The maximum absolute atomic E-state index is 5.93. The molecular formula is C19H21NO2. The van der Waals surface area contributed by atoms with Crippen molar-refractivity contribution < 1.29 is 9.15 Å². The van der Waals surface area contributed by atoms with E-state index in [1.54, 1.807) is 7.11 Å². The molecule has 1 aromatic heterocycles. The van der Waals surface area contributed by atoms with E-state index in [1.165, 1.54) is 16.5 Å². The van der Waals surface area contributed by atoms with E-state index in [-0.39, 0.29) is 0 Å². The molecule has 3 rings (SSSR count). The van der Waals surface area contributed by atoms with Gasteiger partial charge >= 0.3 is 0 Å². The number of para-hydroxylation sites is 1. The van der Waals surface area contributed by atoms with Crippen LogP contribution in [0, 0.1) is 0 Å². The van der Waals surface area contributed by atoms with Crippen LogP contribution in [0.1, 0.15) is 23.8 Å². The third-order valence-corrected chi connectivity index (χ3v) is 3.87. The first-order valence-corrected chi connectivity index (χ1v) is 7.64. The molecule has 0 amide bonds. The van der Waals surface area contributed by atoms with Gasteiger partial charge in [0, 0.05) is 30.5 Å². The number of hydrogen-bond donors (Lipinski definition) is 1. The molecule has 3 aromatic rings. The minimum Gasteiger partial charge on any atom is -0.497 e. The highest BCUT2D eigenvalue weighted by molar-refractivity contribution is 5.82. The van der Waals surface area contributed by atoms with E-state index < -0.39 is 0 Å². The van der Waals surface area contributed by atoms with E-state index in [2.05, 4.69) is 36.5 Å². The smallest absolute Gasteiger partial charge is 0.134 e. The summed E-state index contributed by atoms with van der Waals surface area (Å²) in [4.78, 5) is 0. The number of furan rings is 1. The lowest BCUT2D eigenvalue weighted by Crippen LogP contribution is -2.13. The number of fused-ring (bicyclic) bond motifs is 1. The molecule has 1 heterocycles. The second-order valence-electron chi connectivity index (χ2n) is 5.31. The van der Waals surface area contributed by atoms with Gasteiger partial charge in [-0.15, -0.1) is 0 Å². The van der Waals surface area contributed by atoms with Gasteiger partial charge in [-0.3, -0.25) is 0 Å². The predicted octanol–water partition coefficient (Wildman–Crippen LogP) is 4.29. The lowest BCUT2D eigenvalue weighted by Gasteiger charge is -2.07. The second kappa shape index (κ2) is 6.67. The van der Waals surface area contributed by atoms with Gasteiger partial charge in [-0.2, -0.15) is 0 Å². The topological polar surface area (TPSA) is 34.4 Å².